The highest BCUT2D eigenvalue weighted by molar-refractivity contribution is 7.98. The molecule has 1 amide bonds. The molecule has 7 heteroatoms. The van der Waals surface area contributed by atoms with Gasteiger partial charge >= 0.3 is 5.97 Å². The van der Waals surface area contributed by atoms with Crippen LogP contribution in [0.1, 0.15) is 10.4 Å². The fourth-order valence-corrected chi connectivity index (χ4v) is 3.34. The van der Waals surface area contributed by atoms with E-state index in [-0.39, 0.29) is 18.3 Å². The van der Waals surface area contributed by atoms with Crippen molar-refractivity contribution in [3.63, 3.8) is 0 Å². The Kier molecular flexibility index (Phi) is 6.34. The molecule has 27 heavy (non-hydrogen) atoms. The summed E-state index contributed by atoms with van der Waals surface area (Å²) in [6.45, 7) is 1.72. The molecule has 0 aromatic heterocycles. The Balaban J connectivity index is 1.48. The van der Waals surface area contributed by atoms with E-state index in [1.165, 1.54) is 6.07 Å². The van der Waals surface area contributed by atoms with E-state index in [4.69, 9.17) is 4.74 Å². The number of ether oxygens (including phenoxy) is 1. The standard InChI is InChI=1S/C20H21FN2O3S/c1-27-16-8-6-15(7-9-16)20(25)26-14-19(24)23-12-10-22(11-13-23)18-5-3-2-4-17(18)21/h2-9H,10-14H2,1H3. The molecule has 0 N–H and O–H groups in total. The Morgan fingerprint density at radius 1 is 1.04 bits per heavy atom. The number of rotatable bonds is 5. The number of nitrogens with zero attached hydrogens (tertiary/aromatic N) is 2. The van der Waals surface area contributed by atoms with Crippen molar-refractivity contribution < 1.29 is 18.7 Å². The lowest BCUT2D eigenvalue weighted by atomic mass is 10.2. The normalized spacial score (nSPS) is 14.1. The minimum Gasteiger partial charge on any atom is -0.452 e. The van der Waals surface area contributed by atoms with Gasteiger partial charge in [0.1, 0.15) is 5.82 Å². The number of esters is 1. The maximum absolute atomic E-state index is 13.9. The zero-order chi connectivity index (χ0) is 19.2. The van der Waals surface area contributed by atoms with Gasteiger partial charge in [-0.05, 0) is 42.7 Å². The Hall–Kier alpha value is -2.54. The highest BCUT2D eigenvalue weighted by Crippen LogP contribution is 2.20. The number of halogens is 1. The summed E-state index contributed by atoms with van der Waals surface area (Å²) in [6.07, 6.45) is 1.96. The number of carbonyl (C=O) groups is 2. The summed E-state index contributed by atoms with van der Waals surface area (Å²) in [4.78, 5) is 29.0. The van der Waals surface area contributed by atoms with Gasteiger partial charge in [-0.15, -0.1) is 11.8 Å². The Morgan fingerprint density at radius 3 is 2.33 bits per heavy atom. The number of amides is 1. The van der Waals surface area contributed by atoms with Crippen LogP contribution in [-0.2, 0) is 9.53 Å². The summed E-state index contributed by atoms with van der Waals surface area (Å²) in [5.74, 6) is -1.02. The summed E-state index contributed by atoms with van der Waals surface area (Å²) < 4.78 is 19.0. The zero-order valence-electron chi connectivity index (χ0n) is 15.1. The number of hydrogen-bond donors (Lipinski definition) is 0. The monoisotopic (exact) mass is 388 g/mol. The van der Waals surface area contributed by atoms with Gasteiger partial charge in [0, 0.05) is 31.1 Å². The minimum atomic E-state index is -0.513. The number of anilines is 1. The van der Waals surface area contributed by atoms with Gasteiger partial charge < -0.3 is 14.5 Å². The van der Waals surface area contributed by atoms with Gasteiger partial charge in [0.2, 0.25) is 0 Å². The number of thioether (sulfide) groups is 1. The van der Waals surface area contributed by atoms with Gasteiger partial charge in [-0.25, -0.2) is 9.18 Å². The molecule has 1 fully saturated rings. The Bertz CT molecular complexity index is 805. The first-order valence-electron chi connectivity index (χ1n) is 8.67. The number of carbonyl (C=O) groups excluding carboxylic acids is 2. The number of piperazine rings is 1. The van der Waals surface area contributed by atoms with E-state index in [0.29, 0.717) is 37.4 Å². The van der Waals surface area contributed by atoms with E-state index < -0.39 is 5.97 Å². The fourth-order valence-electron chi connectivity index (χ4n) is 2.93. The average Bonchev–Trinajstić information content (AvgIpc) is 2.72. The Morgan fingerprint density at radius 2 is 1.70 bits per heavy atom. The van der Waals surface area contributed by atoms with E-state index >= 15 is 0 Å². The van der Waals surface area contributed by atoms with E-state index in [9.17, 15) is 14.0 Å². The van der Waals surface area contributed by atoms with E-state index in [2.05, 4.69) is 0 Å². The molecule has 1 heterocycles. The van der Waals surface area contributed by atoms with Crippen molar-refractivity contribution in [2.24, 2.45) is 0 Å². The van der Waals surface area contributed by atoms with Crippen molar-refractivity contribution in [3.05, 3.63) is 59.9 Å². The van der Waals surface area contributed by atoms with Crippen LogP contribution in [0.25, 0.3) is 0 Å². The van der Waals surface area contributed by atoms with Gasteiger partial charge in [0.25, 0.3) is 5.91 Å². The predicted octanol–water partition coefficient (Wildman–Crippen LogP) is 3.05. The smallest absolute Gasteiger partial charge is 0.338 e. The van der Waals surface area contributed by atoms with Crippen molar-refractivity contribution in [1.82, 2.24) is 4.90 Å². The lowest BCUT2D eigenvalue weighted by Gasteiger charge is -2.36. The van der Waals surface area contributed by atoms with Crippen LogP contribution in [0.2, 0.25) is 0 Å². The molecule has 0 aliphatic carbocycles. The van der Waals surface area contributed by atoms with Gasteiger partial charge in [-0.1, -0.05) is 12.1 Å². The summed E-state index contributed by atoms with van der Waals surface area (Å²) in [5.41, 5.74) is 0.967. The third kappa shape index (κ3) is 4.80. The second kappa shape index (κ2) is 8.90. The molecular formula is C20H21FN2O3S. The molecule has 0 atom stereocenters. The number of benzene rings is 2. The lowest BCUT2D eigenvalue weighted by molar-refractivity contribution is -0.134. The maximum atomic E-state index is 13.9. The van der Waals surface area contributed by atoms with Crippen LogP contribution in [0.4, 0.5) is 10.1 Å². The number of para-hydroxylation sites is 1. The third-order valence-corrected chi connectivity index (χ3v) is 5.22. The Labute approximate surface area is 162 Å². The molecule has 0 saturated carbocycles. The molecule has 2 aromatic carbocycles. The van der Waals surface area contributed by atoms with Gasteiger partial charge in [-0.3, -0.25) is 4.79 Å². The van der Waals surface area contributed by atoms with Gasteiger partial charge in [-0.2, -0.15) is 0 Å². The van der Waals surface area contributed by atoms with E-state index in [0.717, 1.165) is 4.90 Å². The zero-order valence-corrected chi connectivity index (χ0v) is 15.9. The molecule has 2 aromatic rings. The summed E-state index contributed by atoms with van der Waals surface area (Å²) in [7, 11) is 0. The summed E-state index contributed by atoms with van der Waals surface area (Å²) in [5, 5.41) is 0. The molecular weight excluding hydrogens is 367 g/mol. The molecule has 5 nitrogen and oxygen atoms in total. The van der Waals surface area contributed by atoms with Crippen molar-refractivity contribution in [3.8, 4) is 0 Å². The first-order chi connectivity index (χ1) is 13.1. The molecule has 0 unspecified atom stereocenters. The van der Waals surface area contributed by atoms with Crippen LogP contribution in [0, 0.1) is 5.82 Å². The largest absolute Gasteiger partial charge is 0.452 e. The molecule has 142 valence electrons. The van der Waals surface area contributed by atoms with E-state index in [1.807, 2.05) is 23.3 Å². The molecule has 1 aliphatic rings. The van der Waals surface area contributed by atoms with Crippen molar-refractivity contribution in [1.29, 1.82) is 0 Å². The topological polar surface area (TPSA) is 49.9 Å². The molecule has 1 saturated heterocycles. The molecule has 0 bridgehead atoms. The second-order valence-corrected chi connectivity index (χ2v) is 7.00. The van der Waals surface area contributed by atoms with Crippen molar-refractivity contribution >= 4 is 29.3 Å². The first kappa shape index (κ1) is 19.2. The van der Waals surface area contributed by atoms with E-state index in [1.54, 1.807) is 47.0 Å². The van der Waals surface area contributed by atoms with Crippen LogP contribution >= 0.6 is 11.8 Å². The van der Waals surface area contributed by atoms with Crippen LogP contribution in [-0.4, -0.2) is 55.8 Å². The van der Waals surface area contributed by atoms with Crippen LogP contribution in [0.5, 0.6) is 0 Å². The fraction of sp³-hybridized carbons (Fsp3) is 0.300. The quantitative estimate of drug-likeness (QED) is 0.582. The SMILES string of the molecule is CSc1ccc(C(=O)OCC(=O)N2CCN(c3ccccc3F)CC2)cc1. The van der Waals surface area contributed by atoms with Crippen molar-refractivity contribution in [2.75, 3.05) is 43.9 Å². The minimum absolute atomic E-state index is 0.239. The molecule has 1 aliphatic heterocycles. The molecule has 0 spiro atoms. The third-order valence-electron chi connectivity index (χ3n) is 4.48. The maximum Gasteiger partial charge on any atom is 0.338 e. The lowest BCUT2D eigenvalue weighted by Crippen LogP contribution is -2.50. The van der Waals surface area contributed by atoms with Crippen LogP contribution in [0.3, 0.4) is 0 Å². The van der Waals surface area contributed by atoms with Crippen LogP contribution < -0.4 is 4.90 Å². The predicted molar refractivity (Wildman–Crippen MR) is 104 cm³/mol. The van der Waals surface area contributed by atoms with Gasteiger partial charge in [0.15, 0.2) is 6.61 Å². The van der Waals surface area contributed by atoms with Gasteiger partial charge in [0.05, 0.1) is 11.3 Å². The highest BCUT2D eigenvalue weighted by Gasteiger charge is 2.23. The molecule has 0 radical (unpaired) electrons. The molecule has 3 rings (SSSR count). The van der Waals surface area contributed by atoms with Crippen molar-refractivity contribution in [2.45, 2.75) is 4.90 Å². The van der Waals surface area contributed by atoms with Crippen LogP contribution in [0.15, 0.2) is 53.4 Å². The average molecular weight is 388 g/mol. The second-order valence-electron chi connectivity index (χ2n) is 6.12. The summed E-state index contributed by atoms with van der Waals surface area (Å²) >= 11 is 1.59. The summed E-state index contributed by atoms with van der Waals surface area (Å²) in [6, 6.07) is 13.7. The first-order valence-corrected chi connectivity index (χ1v) is 9.89. The number of hydrogen-bond acceptors (Lipinski definition) is 5. The highest BCUT2D eigenvalue weighted by atomic mass is 32.2.